The zero-order valence-electron chi connectivity index (χ0n) is 11.2. The van der Waals surface area contributed by atoms with E-state index in [9.17, 15) is 8.42 Å². The summed E-state index contributed by atoms with van der Waals surface area (Å²) in [5.41, 5.74) is 0.414. The van der Waals surface area contributed by atoms with Gasteiger partial charge in [0.05, 0.1) is 10.6 Å². The molecule has 1 aliphatic heterocycles. The van der Waals surface area contributed by atoms with Crippen molar-refractivity contribution in [3.63, 3.8) is 0 Å². The summed E-state index contributed by atoms with van der Waals surface area (Å²) in [5.74, 6) is 0.0497. The first-order valence-electron chi connectivity index (χ1n) is 6.41. The zero-order valence-corrected chi connectivity index (χ0v) is 12.8. The molecule has 2 rings (SSSR count). The molecule has 0 aliphatic carbocycles. The zero-order chi connectivity index (χ0) is 14.6. The Kier molecular flexibility index (Phi) is 4.50. The molecule has 0 bridgehead atoms. The maximum absolute atomic E-state index is 11.9. The summed E-state index contributed by atoms with van der Waals surface area (Å²) in [6.07, 6.45) is 6.46. The van der Waals surface area contributed by atoms with Crippen LogP contribution in [0.5, 0.6) is 0 Å². The average Bonchev–Trinajstić information content (AvgIpc) is 2.88. The molecule has 1 N–H and O–H groups in total. The van der Waals surface area contributed by atoms with Crippen LogP contribution in [0.25, 0.3) is 0 Å². The van der Waals surface area contributed by atoms with Crippen molar-refractivity contribution in [2.75, 3.05) is 16.9 Å². The van der Waals surface area contributed by atoms with Gasteiger partial charge in [0.2, 0.25) is 0 Å². The van der Waals surface area contributed by atoms with Gasteiger partial charge in [-0.05, 0) is 42.8 Å². The first-order valence-corrected chi connectivity index (χ1v) is 8.60. The molecule has 0 spiro atoms. The summed E-state index contributed by atoms with van der Waals surface area (Å²) in [7, 11) is -3.28. The number of aliphatic imine (C=N–C) groups is 1. The molecular weight excluding hydrogens is 296 g/mol. The van der Waals surface area contributed by atoms with Gasteiger partial charge in [0, 0.05) is 17.8 Å². The molecule has 108 valence electrons. The third-order valence-electron chi connectivity index (χ3n) is 3.22. The molecule has 0 saturated heterocycles. The van der Waals surface area contributed by atoms with Gasteiger partial charge < -0.3 is 5.32 Å². The Hall–Kier alpha value is -1.33. The second kappa shape index (κ2) is 5.97. The van der Waals surface area contributed by atoms with E-state index in [0.29, 0.717) is 4.90 Å². The van der Waals surface area contributed by atoms with Crippen LogP contribution in [0.3, 0.4) is 0 Å². The van der Waals surface area contributed by atoms with Crippen LogP contribution in [-0.2, 0) is 9.84 Å². The molecule has 1 aliphatic rings. The number of anilines is 1. The Morgan fingerprint density at radius 1 is 1.30 bits per heavy atom. The summed E-state index contributed by atoms with van der Waals surface area (Å²) < 4.78 is 23.7. The molecule has 1 aromatic carbocycles. The molecule has 0 amide bonds. The minimum atomic E-state index is -3.28. The Morgan fingerprint density at radius 3 is 2.50 bits per heavy atom. The van der Waals surface area contributed by atoms with E-state index < -0.39 is 15.5 Å². The highest BCUT2D eigenvalue weighted by Crippen LogP contribution is 2.25. The minimum absolute atomic E-state index is 0.0484. The van der Waals surface area contributed by atoms with E-state index in [2.05, 4.69) is 10.3 Å². The highest BCUT2D eigenvalue weighted by molar-refractivity contribution is 7.91. The third kappa shape index (κ3) is 3.22. The van der Waals surface area contributed by atoms with Gasteiger partial charge in [-0.15, -0.1) is 11.6 Å². The molecule has 0 fully saturated rings. The number of nitrogens with one attached hydrogen (secondary N) is 1. The molecule has 0 aromatic heterocycles. The van der Waals surface area contributed by atoms with Gasteiger partial charge in [0.15, 0.2) is 9.84 Å². The van der Waals surface area contributed by atoms with Crippen molar-refractivity contribution < 1.29 is 8.42 Å². The molecule has 1 aromatic rings. The van der Waals surface area contributed by atoms with Crippen LogP contribution < -0.4 is 5.32 Å². The monoisotopic (exact) mass is 312 g/mol. The van der Waals surface area contributed by atoms with Gasteiger partial charge in [-0.1, -0.05) is 6.92 Å². The Balaban J connectivity index is 2.17. The van der Waals surface area contributed by atoms with Crippen LogP contribution in [0.1, 0.15) is 13.3 Å². The fourth-order valence-corrected chi connectivity index (χ4v) is 3.61. The lowest BCUT2D eigenvalue weighted by molar-refractivity contribution is 0.594. The van der Waals surface area contributed by atoms with Gasteiger partial charge >= 0.3 is 0 Å². The predicted molar refractivity (Wildman–Crippen MR) is 83.5 cm³/mol. The number of hydrogen-bond donors (Lipinski definition) is 1. The van der Waals surface area contributed by atoms with Crippen LogP contribution in [0.15, 0.2) is 46.3 Å². The van der Waals surface area contributed by atoms with Crippen molar-refractivity contribution >= 4 is 33.3 Å². The topological polar surface area (TPSA) is 58.5 Å². The normalized spacial score (nSPS) is 21.3. The smallest absolute Gasteiger partial charge is 0.179 e. The second-order valence-corrected chi connectivity index (χ2v) is 7.06. The molecule has 4 nitrogen and oxygen atoms in total. The predicted octanol–water partition coefficient (Wildman–Crippen LogP) is 2.86. The molecule has 1 unspecified atom stereocenters. The first-order chi connectivity index (χ1) is 9.51. The number of hydrogen-bond acceptors (Lipinski definition) is 4. The van der Waals surface area contributed by atoms with E-state index in [1.165, 1.54) is 0 Å². The number of nitrogens with zero attached hydrogens (tertiary/aromatic N) is 1. The van der Waals surface area contributed by atoms with Gasteiger partial charge in [0.1, 0.15) is 5.66 Å². The van der Waals surface area contributed by atoms with Gasteiger partial charge in [0.25, 0.3) is 0 Å². The van der Waals surface area contributed by atoms with Crippen molar-refractivity contribution in [3.05, 3.63) is 36.4 Å². The standard InChI is InChI=1S/C14H17ClN2O2S/c1-2-14(8-3-10-16-14)17-12-4-6-13(7-5-12)20(18,19)11-9-15/h3-8,10,17H,2,9,11H2,1H3. The molecule has 0 saturated carbocycles. The van der Waals surface area contributed by atoms with E-state index >= 15 is 0 Å². The number of benzene rings is 1. The van der Waals surface area contributed by atoms with Gasteiger partial charge in [-0.2, -0.15) is 0 Å². The molecule has 6 heteroatoms. The largest absolute Gasteiger partial charge is 0.358 e. The van der Waals surface area contributed by atoms with Crippen molar-refractivity contribution in [3.8, 4) is 0 Å². The molecule has 20 heavy (non-hydrogen) atoms. The Labute approximate surface area is 124 Å². The van der Waals surface area contributed by atoms with Gasteiger partial charge in [-0.25, -0.2) is 8.42 Å². The maximum Gasteiger partial charge on any atom is 0.179 e. The van der Waals surface area contributed by atoms with Crippen molar-refractivity contribution in [2.24, 2.45) is 4.99 Å². The highest BCUT2D eigenvalue weighted by atomic mass is 35.5. The second-order valence-electron chi connectivity index (χ2n) is 4.57. The van der Waals surface area contributed by atoms with Crippen molar-refractivity contribution in [1.82, 2.24) is 0 Å². The van der Waals surface area contributed by atoms with E-state index in [0.717, 1.165) is 12.1 Å². The number of alkyl halides is 1. The van der Waals surface area contributed by atoms with Crippen molar-refractivity contribution in [2.45, 2.75) is 23.9 Å². The van der Waals surface area contributed by atoms with Crippen LogP contribution in [0.4, 0.5) is 5.69 Å². The van der Waals surface area contributed by atoms with E-state index in [1.807, 2.05) is 19.1 Å². The molecular formula is C14H17ClN2O2S. The number of halogens is 1. The van der Waals surface area contributed by atoms with Crippen molar-refractivity contribution in [1.29, 1.82) is 0 Å². The van der Waals surface area contributed by atoms with E-state index in [1.54, 1.807) is 30.5 Å². The average molecular weight is 313 g/mol. The molecule has 1 atom stereocenters. The van der Waals surface area contributed by atoms with Crippen LogP contribution in [0.2, 0.25) is 0 Å². The lowest BCUT2D eigenvalue weighted by Gasteiger charge is -2.25. The quantitative estimate of drug-likeness (QED) is 0.822. The fourth-order valence-electron chi connectivity index (χ4n) is 2.01. The number of allylic oxidation sites excluding steroid dienone is 1. The Morgan fingerprint density at radius 2 is 2.00 bits per heavy atom. The summed E-state index contributed by atoms with van der Waals surface area (Å²) in [4.78, 5) is 4.69. The number of sulfone groups is 1. The SMILES string of the molecule is CCC1(Nc2ccc(S(=O)(=O)CCCl)cc2)C=CC=N1. The first kappa shape index (κ1) is 15.1. The third-order valence-corrected chi connectivity index (χ3v) is 5.37. The van der Waals surface area contributed by atoms with Crippen LogP contribution >= 0.6 is 11.6 Å². The fraction of sp³-hybridized carbons (Fsp3) is 0.357. The summed E-state index contributed by atoms with van der Waals surface area (Å²) >= 11 is 5.50. The lowest BCUT2D eigenvalue weighted by atomic mass is 10.1. The van der Waals surface area contributed by atoms with Crippen LogP contribution in [0, 0.1) is 0 Å². The summed E-state index contributed by atoms with van der Waals surface area (Å²) in [6.45, 7) is 2.04. The lowest BCUT2D eigenvalue weighted by Crippen LogP contribution is -2.31. The molecule has 0 radical (unpaired) electrons. The Bertz CT molecular complexity index is 609. The number of rotatable bonds is 6. The van der Waals surface area contributed by atoms with Crippen LogP contribution in [-0.4, -0.2) is 31.9 Å². The highest BCUT2D eigenvalue weighted by Gasteiger charge is 2.25. The van der Waals surface area contributed by atoms with E-state index in [4.69, 9.17) is 11.6 Å². The summed E-state index contributed by atoms with van der Waals surface area (Å²) in [5, 5.41) is 3.31. The maximum atomic E-state index is 11.9. The molecule has 1 heterocycles. The van der Waals surface area contributed by atoms with E-state index in [-0.39, 0.29) is 11.6 Å². The van der Waals surface area contributed by atoms with Gasteiger partial charge in [-0.3, -0.25) is 4.99 Å². The summed E-state index contributed by atoms with van der Waals surface area (Å²) in [6, 6.07) is 6.69. The minimum Gasteiger partial charge on any atom is -0.358 e.